The Morgan fingerprint density at radius 3 is 2.67 bits per heavy atom. The van der Waals surface area contributed by atoms with Crippen molar-refractivity contribution in [3.8, 4) is 11.5 Å². The van der Waals surface area contributed by atoms with Crippen LogP contribution >= 0.6 is 15.9 Å². The molecule has 6 nitrogen and oxygen atoms in total. The summed E-state index contributed by atoms with van der Waals surface area (Å²) < 4.78 is 10.5. The molecule has 0 radical (unpaired) electrons. The fourth-order valence-electron chi connectivity index (χ4n) is 1.90. The second-order valence-electron chi connectivity index (χ2n) is 4.72. The minimum Gasteiger partial charge on any atom is -0.503 e. The van der Waals surface area contributed by atoms with Gasteiger partial charge in [0.25, 0.3) is 0 Å². The van der Waals surface area contributed by atoms with Crippen molar-refractivity contribution in [2.45, 2.75) is 6.92 Å². The molecule has 126 valence electrons. The standard InChI is InChI=1S/C17H17BrN2O4/c1-3-24-17(22)12-4-6-13(7-5-12)20-19-10-11-8-14(18)16(21)15(9-11)23-2/h4-10,20-21H,3H2,1-2H3. The maximum absolute atomic E-state index is 11.6. The van der Waals surface area contributed by atoms with Gasteiger partial charge in [-0.15, -0.1) is 0 Å². The van der Waals surface area contributed by atoms with E-state index >= 15 is 0 Å². The molecule has 0 spiro atoms. The number of hydrazone groups is 1. The lowest BCUT2D eigenvalue weighted by Gasteiger charge is -2.06. The number of methoxy groups -OCH3 is 1. The minimum atomic E-state index is -0.353. The van der Waals surface area contributed by atoms with Crippen molar-refractivity contribution in [2.75, 3.05) is 19.1 Å². The third kappa shape index (κ3) is 4.48. The molecule has 2 aromatic rings. The normalized spacial score (nSPS) is 10.6. The van der Waals surface area contributed by atoms with Gasteiger partial charge >= 0.3 is 5.97 Å². The summed E-state index contributed by atoms with van der Waals surface area (Å²) in [6.45, 7) is 2.11. The van der Waals surface area contributed by atoms with Crippen molar-refractivity contribution < 1.29 is 19.4 Å². The summed E-state index contributed by atoms with van der Waals surface area (Å²) in [6, 6.07) is 10.2. The number of nitrogens with zero attached hydrogens (tertiary/aromatic N) is 1. The van der Waals surface area contributed by atoms with Crippen LogP contribution in [0.4, 0.5) is 5.69 Å². The van der Waals surface area contributed by atoms with Crippen molar-refractivity contribution in [1.29, 1.82) is 0 Å². The highest BCUT2D eigenvalue weighted by Gasteiger charge is 2.07. The second kappa shape index (κ2) is 8.35. The largest absolute Gasteiger partial charge is 0.503 e. The molecule has 0 saturated heterocycles. The third-order valence-corrected chi connectivity index (χ3v) is 3.68. The summed E-state index contributed by atoms with van der Waals surface area (Å²) in [6.07, 6.45) is 1.59. The highest BCUT2D eigenvalue weighted by atomic mass is 79.9. The molecule has 24 heavy (non-hydrogen) atoms. The average Bonchev–Trinajstić information content (AvgIpc) is 2.58. The van der Waals surface area contributed by atoms with Gasteiger partial charge in [-0.25, -0.2) is 4.79 Å². The Morgan fingerprint density at radius 2 is 2.04 bits per heavy atom. The zero-order valence-corrected chi connectivity index (χ0v) is 14.8. The number of aromatic hydroxyl groups is 1. The number of ether oxygens (including phenoxy) is 2. The fraction of sp³-hybridized carbons (Fsp3) is 0.176. The SMILES string of the molecule is CCOC(=O)c1ccc(NN=Cc2cc(Br)c(O)c(OC)c2)cc1. The molecule has 2 rings (SSSR count). The first-order chi connectivity index (χ1) is 11.5. The third-order valence-electron chi connectivity index (χ3n) is 3.07. The molecule has 2 N–H and O–H groups in total. The number of phenols is 1. The second-order valence-corrected chi connectivity index (χ2v) is 5.58. The van der Waals surface area contributed by atoms with Crippen molar-refractivity contribution in [1.82, 2.24) is 0 Å². The molecule has 0 bridgehead atoms. The molecule has 0 heterocycles. The molecular weight excluding hydrogens is 376 g/mol. The Bertz CT molecular complexity index is 745. The van der Waals surface area contributed by atoms with E-state index in [-0.39, 0.29) is 11.7 Å². The quantitative estimate of drug-likeness (QED) is 0.444. The predicted molar refractivity (Wildman–Crippen MR) is 96.0 cm³/mol. The highest BCUT2D eigenvalue weighted by Crippen LogP contribution is 2.34. The molecule has 0 fully saturated rings. The lowest BCUT2D eigenvalue weighted by molar-refractivity contribution is 0.0526. The van der Waals surface area contributed by atoms with Crippen LogP contribution in [-0.4, -0.2) is 31.0 Å². The predicted octanol–water partition coefficient (Wildman–Crippen LogP) is 3.79. The summed E-state index contributed by atoms with van der Waals surface area (Å²) >= 11 is 3.25. The lowest BCUT2D eigenvalue weighted by Crippen LogP contribution is -2.04. The Balaban J connectivity index is 2.04. The number of rotatable bonds is 6. The number of halogens is 1. The van der Waals surface area contributed by atoms with E-state index in [0.29, 0.717) is 22.4 Å². The van der Waals surface area contributed by atoms with Gasteiger partial charge in [0.1, 0.15) is 0 Å². The zero-order valence-electron chi connectivity index (χ0n) is 13.2. The Labute approximate surface area is 148 Å². The number of carbonyl (C=O) groups excluding carboxylic acids is 1. The van der Waals surface area contributed by atoms with Gasteiger partial charge in [0.05, 0.1) is 35.7 Å². The molecular formula is C17H17BrN2O4. The first kappa shape index (κ1) is 17.8. The molecule has 0 atom stereocenters. The number of hydrogen-bond acceptors (Lipinski definition) is 6. The number of benzene rings is 2. The van der Waals surface area contributed by atoms with Crippen molar-refractivity contribution in [3.63, 3.8) is 0 Å². The molecule has 0 aliphatic carbocycles. The van der Waals surface area contributed by atoms with Crippen LogP contribution in [0.5, 0.6) is 11.5 Å². The van der Waals surface area contributed by atoms with Crippen LogP contribution in [0.1, 0.15) is 22.8 Å². The van der Waals surface area contributed by atoms with Gasteiger partial charge < -0.3 is 14.6 Å². The van der Waals surface area contributed by atoms with Gasteiger partial charge in [0.2, 0.25) is 0 Å². The van der Waals surface area contributed by atoms with E-state index in [0.717, 1.165) is 11.3 Å². The monoisotopic (exact) mass is 392 g/mol. The minimum absolute atomic E-state index is 0.0390. The summed E-state index contributed by atoms with van der Waals surface area (Å²) in [5.41, 5.74) is 4.82. The summed E-state index contributed by atoms with van der Waals surface area (Å²) in [4.78, 5) is 11.6. The molecule has 7 heteroatoms. The highest BCUT2D eigenvalue weighted by molar-refractivity contribution is 9.10. The topological polar surface area (TPSA) is 80.2 Å². The van der Waals surface area contributed by atoms with E-state index in [9.17, 15) is 9.90 Å². The summed E-state index contributed by atoms with van der Waals surface area (Å²) in [5, 5.41) is 13.9. The Hall–Kier alpha value is -2.54. The first-order valence-corrected chi connectivity index (χ1v) is 7.97. The Morgan fingerprint density at radius 1 is 1.33 bits per heavy atom. The molecule has 0 amide bonds. The first-order valence-electron chi connectivity index (χ1n) is 7.18. The molecule has 2 aromatic carbocycles. The molecule has 0 saturated carbocycles. The number of anilines is 1. The van der Waals surface area contributed by atoms with E-state index in [2.05, 4.69) is 26.5 Å². The van der Waals surface area contributed by atoms with E-state index in [4.69, 9.17) is 9.47 Å². The number of esters is 1. The van der Waals surface area contributed by atoms with Gasteiger partial charge in [-0.2, -0.15) is 5.10 Å². The van der Waals surface area contributed by atoms with Crippen LogP contribution in [0, 0.1) is 0 Å². The molecule has 0 aliphatic heterocycles. The lowest BCUT2D eigenvalue weighted by atomic mass is 10.2. The number of phenolic OH excluding ortho intramolecular Hbond substituents is 1. The number of nitrogens with one attached hydrogen (secondary N) is 1. The summed E-state index contributed by atoms with van der Waals surface area (Å²) in [7, 11) is 1.48. The van der Waals surface area contributed by atoms with Gasteiger partial charge in [-0.3, -0.25) is 5.43 Å². The van der Waals surface area contributed by atoms with E-state index in [1.165, 1.54) is 7.11 Å². The van der Waals surface area contributed by atoms with Gasteiger partial charge in [-0.1, -0.05) is 0 Å². The van der Waals surface area contributed by atoms with Crippen LogP contribution in [0.2, 0.25) is 0 Å². The van der Waals surface area contributed by atoms with Gasteiger partial charge in [0.15, 0.2) is 11.5 Å². The van der Waals surface area contributed by atoms with Crippen molar-refractivity contribution in [3.05, 3.63) is 52.0 Å². The van der Waals surface area contributed by atoms with Crippen molar-refractivity contribution >= 4 is 33.8 Å². The van der Waals surface area contributed by atoms with Crippen LogP contribution in [0.3, 0.4) is 0 Å². The zero-order chi connectivity index (χ0) is 17.5. The Kier molecular flexibility index (Phi) is 6.20. The number of carbonyl (C=O) groups is 1. The fourth-order valence-corrected chi connectivity index (χ4v) is 2.36. The van der Waals surface area contributed by atoms with E-state index in [1.54, 1.807) is 49.5 Å². The molecule has 0 unspecified atom stereocenters. The van der Waals surface area contributed by atoms with Gasteiger partial charge in [0, 0.05) is 0 Å². The summed E-state index contributed by atoms with van der Waals surface area (Å²) in [5.74, 6) is 0.0374. The van der Waals surface area contributed by atoms with Gasteiger partial charge in [-0.05, 0) is 64.8 Å². The van der Waals surface area contributed by atoms with Crippen LogP contribution in [0.15, 0.2) is 46.0 Å². The maximum Gasteiger partial charge on any atom is 0.338 e. The molecule has 0 aliphatic rings. The number of hydrogen-bond donors (Lipinski definition) is 2. The van der Waals surface area contributed by atoms with Crippen molar-refractivity contribution in [2.24, 2.45) is 5.10 Å². The van der Waals surface area contributed by atoms with Crippen LogP contribution in [-0.2, 0) is 4.74 Å². The van der Waals surface area contributed by atoms with Crippen LogP contribution < -0.4 is 10.2 Å². The smallest absolute Gasteiger partial charge is 0.338 e. The average molecular weight is 393 g/mol. The maximum atomic E-state index is 11.6. The van der Waals surface area contributed by atoms with Crippen LogP contribution in [0.25, 0.3) is 0 Å². The van der Waals surface area contributed by atoms with E-state index in [1.807, 2.05) is 0 Å². The molecule has 0 aromatic heterocycles. The van der Waals surface area contributed by atoms with E-state index < -0.39 is 0 Å².